The molecule has 2 heterocycles. The minimum atomic E-state index is -0.644. The van der Waals surface area contributed by atoms with Crippen molar-refractivity contribution in [3.8, 4) is 11.8 Å². The van der Waals surface area contributed by atoms with Crippen molar-refractivity contribution in [2.45, 2.75) is 20.4 Å². The van der Waals surface area contributed by atoms with Gasteiger partial charge in [-0.3, -0.25) is 28.8 Å². The van der Waals surface area contributed by atoms with Crippen molar-refractivity contribution in [3.63, 3.8) is 0 Å². The van der Waals surface area contributed by atoms with Crippen LogP contribution in [0.1, 0.15) is 16.8 Å². The summed E-state index contributed by atoms with van der Waals surface area (Å²) < 4.78 is 2.71. The monoisotopic (exact) mass is 391 g/mol. The highest BCUT2D eigenvalue weighted by Crippen LogP contribution is 2.29. The molecule has 0 saturated carbocycles. The molecule has 0 fully saturated rings. The van der Waals surface area contributed by atoms with Crippen molar-refractivity contribution in [2.24, 2.45) is 0 Å². The maximum atomic E-state index is 12.6. The summed E-state index contributed by atoms with van der Waals surface area (Å²) in [5, 5.41) is 23.2. The molecule has 0 unspecified atom stereocenters. The number of carbonyl (C=O) groups excluding carboxylic acids is 1. The van der Waals surface area contributed by atoms with E-state index < -0.39 is 22.9 Å². The third-order valence-electron chi connectivity index (χ3n) is 4.59. The average Bonchev–Trinajstić information content (AvgIpc) is 2.93. The van der Waals surface area contributed by atoms with Crippen molar-refractivity contribution < 1.29 is 9.72 Å². The standard InChI is InChI=1S/C20H17N5O4/c1-13-14(2)24(15-6-4-3-5-7-15)20(17(13)10-21)22-18(26)12-23-11-16(25(28)29)8-9-19(23)27/h3-9,11H,12H2,1-2H3,(H,22,26). The lowest BCUT2D eigenvalue weighted by Gasteiger charge is -2.13. The number of nitrogens with one attached hydrogen (secondary N) is 1. The number of anilines is 1. The largest absolute Gasteiger partial charge is 0.309 e. The maximum Gasteiger partial charge on any atom is 0.285 e. The van der Waals surface area contributed by atoms with Crippen LogP contribution in [0.25, 0.3) is 5.69 Å². The molecule has 0 spiro atoms. The van der Waals surface area contributed by atoms with Crippen LogP contribution in [0.2, 0.25) is 0 Å². The summed E-state index contributed by atoms with van der Waals surface area (Å²) in [4.78, 5) is 34.9. The molecule has 3 aromatic rings. The SMILES string of the molecule is Cc1c(C#N)c(NC(=O)Cn2cc([N+](=O)[O-])ccc2=O)n(-c2ccccc2)c1C. The van der Waals surface area contributed by atoms with E-state index in [-0.39, 0.29) is 11.5 Å². The van der Waals surface area contributed by atoms with Gasteiger partial charge in [-0.25, -0.2) is 0 Å². The Kier molecular flexibility index (Phi) is 5.27. The normalized spacial score (nSPS) is 10.4. The molecular weight excluding hydrogens is 374 g/mol. The number of benzene rings is 1. The van der Waals surface area contributed by atoms with Crippen LogP contribution in [0, 0.1) is 35.3 Å². The Morgan fingerprint density at radius 2 is 1.90 bits per heavy atom. The lowest BCUT2D eigenvalue weighted by atomic mass is 10.2. The molecule has 2 aromatic heterocycles. The predicted molar refractivity (Wildman–Crippen MR) is 106 cm³/mol. The lowest BCUT2D eigenvalue weighted by molar-refractivity contribution is -0.385. The summed E-state index contributed by atoms with van der Waals surface area (Å²) in [6, 6.07) is 13.4. The first kappa shape index (κ1) is 19.6. The molecule has 0 aliphatic heterocycles. The van der Waals surface area contributed by atoms with Crippen molar-refractivity contribution in [3.05, 3.63) is 86.0 Å². The Hall–Kier alpha value is -4.19. The highest BCUT2D eigenvalue weighted by atomic mass is 16.6. The van der Waals surface area contributed by atoms with Gasteiger partial charge in [-0.2, -0.15) is 5.26 Å². The number of nitrogens with zero attached hydrogens (tertiary/aromatic N) is 4. The van der Waals surface area contributed by atoms with Crippen molar-refractivity contribution in [2.75, 3.05) is 5.32 Å². The van der Waals surface area contributed by atoms with Crippen LogP contribution < -0.4 is 10.9 Å². The van der Waals surface area contributed by atoms with Crippen molar-refractivity contribution in [1.29, 1.82) is 5.26 Å². The van der Waals surface area contributed by atoms with Gasteiger partial charge < -0.3 is 5.32 Å². The Balaban J connectivity index is 1.99. The number of para-hydroxylation sites is 1. The lowest BCUT2D eigenvalue weighted by Crippen LogP contribution is -2.27. The van der Waals surface area contributed by atoms with Gasteiger partial charge in [0.1, 0.15) is 18.4 Å². The van der Waals surface area contributed by atoms with Crippen molar-refractivity contribution >= 4 is 17.4 Å². The smallest absolute Gasteiger partial charge is 0.285 e. The quantitative estimate of drug-likeness (QED) is 0.529. The first-order valence-electron chi connectivity index (χ1n) is 8.65. The number of pyridine rings is 1. The van der Waals surface area contributed by atoms with Gasteiger partial charge in [0.25, 0.3) is 11.2 Å². The average molecular weight is 391 g/mol. The second-order valence-electron chi connectivity index (χ2n) is 6.38. The first-order chi connectivity index (χ1) is 13.8. The molecule has 29 heavy (non-hydrogen) atoms. The van der Waals surface area contributed by atoms with Gasteiger partial charge in [0.2, 0.25) is 5.91 Å². The molecule has 0 atom stereocenters. The molecule has 1 N–H and O–H groups in total. The molecule has 0 radical (unpaired) electrons. The minimum absolute atomic E-state index is 0.289. The maximum absolute atomic E-state index is 12.6. The zero-order valence-electron chi connectivity index (χ0n) is 15.7. The number of hydrogen-bond acceptors (Lipinski definition) is 5. The summed E-state index contributed by atoms with van der Waals surface area (Å²) in [6.07, 6.45) is 1.01. The number of nitriles is 1. The van der Waals surface area contributed by atoms with E-state index in [4.69, 9.17) is 0 Å². The third-order valence-corrected chi connectivity index (χ3v) is 4.59. The number of nitro groups is 1. The van der Waals surface area contributed by atoms with E-state index in [9.17, 15) is 25.0 Å². The Morgan fingerprint density at radius 3 is 2.52 bits per heavy atom. The zero-order chi connectivity index (χ0) is 21.1. The van der Waals surface area contributed by atoms with Gasteiger partial charge in [0.15, 0.2) is 0 Å². The van der Waals surface area contributed by atoms with E-state index in [1.54, 1.807) is 11.5 Å². The molecule has 0 aliphatic carbocycles. The Bertz CT molecular complexity index is 1200. The second kappa shape index (κ2) is 7.82. The van der Waals surface area contributed by atoms with Gasteiger partial charge in [-0.1, -0.05) is 18.2 Å². The van der Waals surface area contributed by atoms with Crippen LogP contribution in [0.3, 0.4) is 0 Å². The number of carbonyl (C=O) groups is 1. The number of amides is 1. The van der Waals surface area contributed by atoms with Crippen LogP contribution in [-0.2, 0) is 11.3 Å². The van der Waals surface area contributed by atoms with Gasteiger partial charge in [0, 0.05) is 23.5 Å². The minimum Gasteiger partial charge on any atom is -0.309 e. The molecule has 9 heteroatoms. The fraction of sp³-hybridized carbons (Fsp3) is 0.150. The summed E-state index contributed by atoms with van der Waals surface area (Å²) in [6.45, 7) is 3.20. The number of hydrogen-bond donors (Lipinski definition) is 1. The van der Waals surface area contributed by atoms with E-state index in [0.717, 1.165) is 39.8 Å². The zero-order valence-corrected chi connectivity index (χ0v) is 15.7. The van der Waals surface area contributed by atoms with Gasteiger partial charge in [0.05, 0.1) is 16.7 Å². The third kappa shape index (κ3) is 3.77. The molecule has 3 rings (SSSR count). The number of aromatic nitrogens is 2. The molecule has 0 aliphatic rings. The van der Waals surface area contributed by atoms with Crippen molar-refractivity contribution in [1.82, 2.24) is 9.13 Å². The van der Waals surface area contributed by atoms with Gasteiger partial charge >= 0.3 is 0 Å². The van der Waals surface area contributed by atoms with Crippen LogP contribution in [0.5, 0.6) is 0 Å². The van der Waals surface area contributed by atoms with Crippen LogP contribution in [0.15, 0.2) is 53.5 Å². The summed E-state index contributed by atoms with van der Waals surface area (Å²) >= 11 is 0. The van der Waals surface area contributed by atoms with E-state index in [1.807, 2.05) is 37.3 Å². The molecular formula is C20H17N5O4. The second-order valence-corrected chi connectivity index (χ2v) is 6.38. The summed E-state index contributed by atoms with van der Waals surface area (Å²) in [7, 11) is 0. The van der Waals surface area contributed by atoms with Crippen LogP contribution >= 0.6 is 0 Å². The molecule has 9 nitrogen and oxygen atoms in total. The fourth-order valence-corrected chi connectivity index (χ4v) is 3.04. The highest BCUT2D eigenvalue weighted by molar-refractivity contribution is 5.92. The van der Waals surface area contributed by atoms with Crippen LogP contribution in [-0.4, -0.2) is 20.0 Å². The summed E-state index contributed by atoms with van der Waals surface area (Å²) in [5.41, 5.74) is 1.74. The highest BCUT2D eigenvalue weighted by Gasteiger charge is 2.21. The summed E-state index contributed by atoms with van der Waals surface area (Å²) in [5.74, 6) is -0.295. The molecule has 1 aromatic carbocycles. The molecule has 0 bridgehead atoms. The van der Waals surface area contributed by atoms with E-state index in [2.05, 4.69) is 11.4 Å². The molecule has 1 amide bonds. The van der Waals surface area contributed by atoms with Crippen LogP contribution in [0.4, 0.5) is 11.5 Å². The Morgan fingerprint density at radius 1 is 1.21 bits per heavy atom. The van der Waals surface area contributed by atoms with E-state index in [0.29, 0.717) is 5.56 Å². The first-order valence-corrected chi connectivity index (χ1v) is 8.65. The van der Waals surface area contributed by atoms with Gasteiger partial charge in [-0.15, -0.1) is 0 Å². The predicted octanol–water partition coefficient (Wildman–Crippen LogP) is 2.67. The molecule has 146 valence electrons. The topological polar surface area (TPSA) is 123 Å². The Labute approximate surface area is 165 Å². The number of rotatable bonds is 5. The fourth-order valence-electron chi connectivity index (χ4n) is 3.04. The molecule has 0 saturated heterocycles. The van der Waals surface area contributed by atoms with E-state index >= 15 is 0 Å². The van der Waals surface area contributed by atoms with E-state index in [1.165, 1.54) is 0 Å². The van der Waals surface area contributed by atoms with Gasteiger partial charge in [-0.05, 0) is 31.5 Å².